The van der Waals surface area contributed by atoms with Gasteiger partial charge in [-0.1, -0.05) is 31.2 Å². The van der Waals surface area contributed by atoms with Gasteiger partial charge in [0.05, 0.1) is 22.0 Å². The fraction of sp³-hybridized carbons (Fsp3) is 0.500. The molecule has 0 radical (unpaired) electrons. The number of aryl methyl sites for hydroxylation is 2. The second-order valence-corrected chi connectivity index (χ2v) is 15.0. The lowest BCUT2D eigenvalue weighted by Gasteiger charge is -2.42. The van der Waals surface area contributed by atoms with Crippen molar-refractivity contribution in [1.29, 1.82) is 0 Å². The van der Waals surface area contributed by atoms with Gasteiger partial charge in [-0.2, -0.15) is 18.2 Å². The van der Waals surface area contributed by atoms with Crippen LogP contribution in [0.25, 0.3) is 11.3 Å². The van der Waals surface area contributed by atoms with Gasteiger partial charge in [0.15, 0.2) is 0 Å². The molecule has 12 heteroatoms. The van der Waals surface area contributed by atoms with Crippen molar-refractivity contribution in [1.82, 2.24) is 14.9 Å². The van der Waals surface area contributed by atoms with E-state index in [-0.39, 0.29) is 54.2 Å². The summed E-state index contributed by atoms with van der Waals surface area (Å²) in [5, 5.41) is 0. The van der Waals surface area contributed by atoms with E-state index in [4.69, 9.17) is 4.74 Å². The molecular formula is C34H39F3N4O4S. The Balaban J connectivity index is 1.53. The highest BCUT2D eigenvalue weighted by Gasteiger charge is 2.64. The minimum absolute atomic E-state index is 0.0121. The molecule has 2 fully saturated rings. The minimum atomic E-state index is -4.44. The molecule has 4 bridgehead atoms. The third-order valence-corrected chi connectivity index (χ3v) is 11.3. The zero-order valence-corrected chi connectivity index (χ0v) is 27.3. The summed E-state index contributed by atoms with van der Waals surface area (Å²) in [7, 11) is -4.27. The van der Waals surface area contributed by atoms with Crippen LogP contribution >= 0.6 is 0 Å². The van der Waals surface area contributed by atoms with Crippen molar-refractivity contribution < 1.29 is 31.1 Å². The van der Waals surface area contributed by atoms with Crippen molar-refractivity contribution >= 4 is 21.9 Å². The van der Waals surface area contributed by atoms with Crippen molar-refractivity contribution in [3.05, 3.63) is 64.7 Å². The van der Waals surface area contributed by atoms with Crippen LogP contribution in [0.5, 0.6) is 5.88 Å². The van der Waals surface area contributed by atoms with E-state index in [9.17, 15) is 26.4 Å². The van der Waals surface area contributed by atoms with Crippen molar-refractivity contribution in [3.63, 3.8) is 0 Å². The summed E-state index contributed by atoms with van der Waals surface area (Å²) in [5.41, 5.74) is 1.71. The van der Waals surface area contributed by atoms with E-state index >= 15 is 0 Å². The van der Waals surface area contributed by atoms with Crippen LogP contribution in [0.3, 0.4) is 0 Å². The number of carbonyl (C=O) groups excluding carboxylic acids is 1. The summed E-state index contributed by atoms with van der Waals surface area (Å²) in [5.74, 6) is -0.263. The number of anilines is 1. The van der Waals surface area contributed by atoms with E-state index in [1.807, 2.05) is 32.0 Å². The number of benzene rings is 2. The molecule has 0 unspecified atom stereocenters. The molecule has 46 heavy (non-hydrogen) atoms. The van der Waals surface area contributed by atoms with Gasteiger partial charge in [-0.3, -0.25) is 4.79 Å². The molecule has 0 spiro atoms. The van der Waals surface area contributed by atoms with Crippen LogP contribution in [0, 0.1) is 32.1 Å². The molecule has 3 aliphatic rings. The van der Waals surface area contributed by atoms with Gasteiger partial charge in [0.1, 0.15) is 6.61 Å². The number of alkyl halides is 3. The predicted molar refractivity (Wildman–Crippen MR) is 168 cm³/mol. The SMILES string of the molecule is Cc1cccc(C)c1-c1nc2nc(c1C)OC[C@@H](CC1(C(F)(F)F)CC1)N(C1CCC(C)CC1)C(=O)c1cccc(c1)S(=O)(=O)N2. The number of nitrogens with one attached hydrogen (secondary N) is 1. The van der Waals surface area contributed by atoms with E-state index in [0.29, 0.717) is 30.0 Å². The van der Waals surface area contributed by atoms with E-state index in [1.54, 1.807) is 11.8 Å². The number of amides is 1. The highest BCUT2D eigenvalue weighted by atomic mass is 32.2. The van der Waals surface area contributed by atoms with Gasteiger partial charge in [-0.15, -0.1) is 0 Å². The third kappa shape index (κ3) is 6.08. The molecule has 8 nitrogen and oxygen atoms in total. The summed E-state index contributed by atoms with van der Waals surface area (Å²) in [6.45, 7) is 7.46. The van der Waals surface area contributed by atoms with Gasteiger partial charge in [0.25, 0.3) is 15.9 Å². The molecular weight excluding hydrogens is 617 g/mol. The molecule has 2 aromatic carbocycles. The van der Waals surface area contributed by atoms with Gasteiger partial charge in [0.2, 0.25) is 11.8 Å². The predicted octanol–water partition coefficient (Wildman–Crippen LogP) is 7.38. The Hall–Kier alpha value is -3.67. The number of hydrogen-bond donors (Lipinski definition) is 1. The Morgan fingerprint density at radius 1 is 1.00 bits per heavy atom. The Morgan fingerprint density at radius 3 is 2.28 bits per heavy atom. The summed E-state index contributed by atoms with van der Waals surface area (Å²) in [6.07, 6.45) is -1.84. The molecule has 1 N–H and O–H groups in total. The molecule has 1 atom stereocenters. The number of fused-ring (bicyclic) bond motifs is 4. The Bertz CT molecular complexity index is 1750. The molecule has 1 aromatic heterocycles. The minimum Gasteiger partial charge on any atom is -0.475 e. The first kappa shape index (κ1) is 32.3. The van der Waals surface area contributed by atoms with Gasteiger partial charge in [0, 0.05) is 22.7 Å². The zero-order valence-electron chi connectivity index (χ0n) is 26.4. The summed E-state index contributed by atoms with van der Waals surface area (Å²) in [6, 6.07) is 10.1. The number of hydrogen-bond acceptors (Lipinski definition) is 6. The van der Waals surface area contributed by atoms with Gasteiger partial charge >= 0.3 is 6.18 Å². The van der Waals surface area contributed by atoms with Crippen LogP contribution in [0.2, 0.25) is 0 Å². The van der Waals surface area contributed by atoms with E-state index in [1.165, 1.54) is 24.3 Å². The van der Waals surface area contributed by atoms with Crippen LogP contribution in [0.4, 0.5) is 19.1 Å². The van der Waals surface area contributed by atoms with Crippen molar-refractivity contribution in [2.45, 2.75) is 95.8 Å². The highest BCUT2D eigenvalue weighted by Crippen LogP contribution is 2.61. The lowest BCUT2D eigenvalue weighted by Crippen LogP contribution is -2.52. The molecule has 2 aliphatic carbocycles. The number of rotatable bonds is 4. The average Bonchev–Trinajstić information content (AvgIpc) is 3.79. The fourth-order valence-electron chi connectivity index (χ4n) is 7.01. The number of carbonyl (C=O) groups is 1. The standard InChI is InChI=1S/C34H39F3N4O4S/c1-20-11-13-25(14-12-20)41-26(18-33(15-16-33)34(35,36)37)19-45-30-23(4)29(28-21(2)7-5-8-22(28)3)38-32(39-30)40-46(43,44)27-10-6-9-24(17-27)31(41)42/h5-10,17,20,25-26H,11-16,18-19H2,1-4H3,(H,38,39,40)/t20?,25?,26-/m1/s1. The summed E-state index contributed by atoms with van der Waals surface area (Å²) >= 11 is 0. The van der Waals surface area contributed by atoms with Crippen molar-refractivity contribution in [2.24, 2.45) is 11.3 Å². The molecule has 1 aliphatic heterocycles. The molecule has 3 aromatic rings. The van der Waals surface area contributed by atoms with Gasteiger partial charge in [-0.25, -0.2) is 18.1 Å². The second-order valence-electron chi connectivity index (χ2n) is 13.3. The maximum Gasteiger partial charge on any atom is 0.394 e. The Morgan fingerprint density at radius 2 is 1.65 bits per heavy atom. The lowest BCUT2D eigenvalue weighted by molar-refractivity contribution is -0.193. The molecule has 2 heterocycles. The van der Waals surface area contributed by atoms with E-state index in [0.717, 1.165) is 29.5 Å². The van der Waals surface area contributed by atoms with E-state index in [2.05, 4.69) is 21.6 Å². The van der Waals surface area contributed by atoms with E-state index < -0.39 is 33.6 Å². The second kappa shape index (κ2) is 11.8. The molecule has 6 rings (SSSR count). The quantitative estimate of drug-likeness (QED) is 0.315. The summed E-state index contributed by atoms with van der Waals surface area (Å²) in [4.78, 5) is 24.8. The number of halogens is 3. The average molecular weight is 657 g/mol. The Kier molecular flexibility index (Phi) is 8.31. The monoisotopic (exact) mass is 656 g/mol. The number of aromatic nitrogens is 2. The normalized spacial score (nSPS) is 24.1. The maximum absolute atomic E-state index is 14.4. The number of ether oxygens (including phenoxy) is 1. The van der Waals surface area contributed by atoms with Gasteiger partial charge < -0.3 is 9.64 Å². The van der Waals surface area contributed by atoms with Crippen molar-refractivity contribution in [3.8, 4) is 17.1 Å². The zero-order chi connectivity index (χ0) is 33.0. The fourth-order valence-corrected chi connectivity index (χ4v) is 8.00. The largest absolute Gasteiger partial charge is 0.475 e. The molecule has 0 saturated heterocycles. The van der Waals surface area contributed by atoms with Crippen molar-refractivity contribution in [2.75, 3.05) is 11.3 Å². The van der Waals surface area contributed by atoms with Crippen LogP contribution < -0.4 is 9.46 Å². The topological polar surface area (TPSA) is 101 Å². The molecule has 246 valence electrons. The van der Waals surface area contributed by atoms with Crippen LogP contribution in [0.1, 0.15) is 78.9 Å². The first-order chi connectivity index (χ1) is 21.7. The lowest BCUT2D eigenvalue weighted by atomic mass is 9.84. The first-order valence-corrected chi connectivity index (χ1v) is 17.3. The summed E-state index contributed by atoms with van der Waals surface area (Å²) < 4.78 is 79.4. The van der Waals surface area contributed by atoms with Crippen LogP contribution in [-0.4, -0.2) is 54.1 Å². The van der Waals surface area contributed by atoms with Crippen LogP contribution in [-0.2, 0) is 10.0 Å². The Labute approximate surface area is 267 Å². The maximum atomic E-state index is 14.4. The third-order valence-electron chi connectivity index (χ3n) is 9.94. The molecule has 1 amide bonds. The van der Waals surface area contributed by atoms with Crippen LogP contribution in [0.15, 0.2) is 47.4 Å². The molecule has 2 saturated carbocycles. The van der Waals surface area contributed by atoms with Gasteiger partial charge in [-0.05, 0) is 101 Å². The number of sulfonamides is 1. The number of nitrogens with zero attached hydrogens (tertiary/aromatic N) is 3. The first-order valence-electron chi connectivity index (χ1n) is 15.8. The smallest absolute Gasteiger partial charge is 0.394 e. The highest BCUT2D eigenvalue weighted by molar-refractivity contribution is 7.92.